The Balaban J connectivity index is 2.28. The fraction of sp³-hybridized carbons (Fsp3) is 0.417. The van der Waals surface area contributed by atoms with E-state index in [2.05, 4.69) is 10.1 Å². The highest BCUT2D eigenvalue weighted by Gasteiger charge is 2.08. The Morgan fingerprint density at radius 2 is 2.35 bits per heavy atom. The summed E-state index contributed by atoms with van der Waals surface area (Å²) in [6.45, 7) is 0.264. The number of aliphatic hydroxyl groups excluding tert-OH is 1. The van der Waals surface area contributed by atoms with E-state index in [1.807, 2.05) is 0 Å². The Morgan fingerprint density at radius 1 is 1.59 bits per heavy atom. The topological polar surface area (TPSA) is 58.6 Å². The minimum Gasteiger partial charge on any atom is -0.469 e. The first kappa shape index (κ1) is 13.4. The lowest BCUT2D eigenvalue weighted by Gasteiger charge is -2.12. The molecular formula is C12H16FNO3. The zero-order valence-corrected chi connectivity index (χ0v) is 9.65. The summed E-state index contributed by atoms with van der Waals surface area (Å²) >= 11 is 0. The molecule has 0 spiro atoms. The van der Waals surface area contributed by atoms with Crippen molar-refractivity contribution in [2.75, 3.05) is 19.0 Å². The Kier molecular flexibility index (Phi) is 5.42. The van der Waals surface area contributed by atoms with E-state index in [1.165, 1.54) is 19.2 Å². The van der Waals surface area contributed by atoms with E-state index in [0.29, 0.717) is 12.1 Å². The van der Waals surface area contributed by atoms with Gasteiger partial charge in [-0.3, -0.25) is 4.79 Å². The molecule has 1 aromatic rings. The van der Waals surface area contributed by atoms with E-state index in [0.717, 1.165) is 0 Å². The number of rotatable bonds is 6. The van der Waals surface area contributed by atoms with Crippen LogP contribution in [0.15, 0.2) is 24.3 Å². The molecular weight excluding hydrogens is 225 g/mol. The first-order chi connectivity index (χ1) is 8.11. The summed E-state index contributed by atoms with van der Waals surface area (Å²) in [6, 6.07) is 5.97. The van der Waals surface area contributed by atoms with Gasteiger partial charge in [-0.25, -0.2) is 4.39 Å². The van der Waals surface area contributed by atoms with Gasteiger partial charge in [-0.1, -0.05) is 6.07 Å². The number of benzene rings is 1. The number of halogens is 1. The maximum absolute atomic E-state index is 12.8. The summed E-state index contributed by atoms with van der Waals surface area (Å²) in [7, 11) is 1.31. The average Bonchev–Trinajstić information content (AvgIpc) is 2.33. The molecule has 0 aliphatic heterocycles. The summed E-state index contributed by atoms with van der Waals surface area (Å²) in [4.78, 5) is 10.8. The minimum absolute atomic E-state index is 0.169. The lowest BCUT2D eigenvalue weighted by Crippen LogP contribution is -2.20. The van der Waals surface area contributed by atoms with E-state index in [4.69, 9.17) is 0 Å². The average molecular weight is 241 g/mol. The fourth-order valence-electron chi connectivity index (χ4n) is 1.32. The van der Waals surface area contributed by atoms with E-state index >= 15 is 0 Å². The van der Waals surface area contributed by atoms with Crippen LogP contribution in [0.5, 0.6) is 0 Å². The number of hydrogen-bond acceptors (Lipinski definition) is 4. The Morgan fingerprint density at radius 3 is 3.00 bits per heavy atom. The number of carbonyl (C=O) groups is 1. The third kappa shape index (κ3) is 5.31. The van der Waals surface area contributed by atoms with Crippen LogP contribution in [0.4, 0.5) is 10.1 Å². The maximum atomic E-state index is 12.8. The number of hydrogen-bond donors (Lipinski definition) is 2. The van der Waals surface area contributed by atoms with Gasteiger partial charge in [0.05, 0.1) is 13.2 Å². The second-order valence-corrected chi connectivity index (χ2v) is 3.66. The molecule has 0 fully saturated rings. The molecule has 94 valence electrons. The van der Waals surface area contributed by atoms with Crippen LogP contribution in [0.25, 0.3) is 0 Å². The maximum Gasteiger partial charge on any atom is 0.305 e. The van der Waals surface area contributed by atoms with Gasteiger partial charge in [0.25, 0.3) is 0 Å². The summed E-state index contributed by atoms with van der Waals surface area (Å²) in [6.07, 6.45) is -0.185. The molecule has 2 N–H and O–H groups in total. The van der Waals surface area contributed by atoms with Crippen molar-refractivity contribution in [3.05, 3.63) is 30.1 Å². The lowest BCUT2D eigenvalue weighted by atomic mass is 10.2. The zero-order valence-electron chi connectivity index (χ0n) is 9.65. The van der Waals surface area contributed by atoms with Gasteiger partial charge < -0.3 is 15.2 Å². The van der Waals surface area contributed by atoms with Crippen molar-refractivity contribution in [3.8, 4) is 0 Å². The molecule has 1 aromatic carbocycles. The van der Waals surface area contributed by atoms with Gasteiger partial charge in [-0.05, 0) is 24.6 Å². The second-order valence-electron chi connectivity index (χ2n) is 3.66. The third-order valence-corrected chi connectivity index (χ3v) is 2.28. The Bertz CT molecular complexity index is 371. The van der Waals surface area contributed by atoms with E-state index < -0.39 is 6.10 Å². The van der Waals surface area contributed by atoms with Crippen molar-refractivity contribution < 1.29 is 19.0 Å². The molecule has 0 heterocycles. The molecule has 0 aliphatic rings. The van der Waals surface area contributed by atoms with Gasteiger partial charge in [0.15, 0.2) is 0 Å². The van der Waals surface area contributed by atoms with Gasteiger partial charge in [0.2, 0.25) is 0 Å². The number of esters is 1. The molecule has 0 aliphatic carbocycles. The Hall–Kier alpha value is -1.62. The zero-order chi connectivity index (χ0) is 12.7. The number of ether oxygens (including phenoxy) is 1. The number of aliphatic hydroxyl groups is 1. The highest BCUT2D eigenvalue weighted by molar-refractivity contribution is 5.69. The van der Waals surface area contributed by atoms with Crippen LogP contribution in [0, 0.1) is 5.82 Å². The van der Waals surface area contributed by atoms with E-state index in [1.54, 1.807) is 12.1 Å². The van der Waals surface area contributed by atoms with Crippen LogP contribution >= 0.6 is 0 Å². The van der Waals surface area contributed by atoms with Crippen LogP contribution < -0.4 is 5.32 Å². The highest BCUT2D eigenvalue weighted by atomic mass is 19.1. The van der Waals surface area contributed by atoms with Crippen molar-refractivity contribution >= 4 is 11.7 Å². The fourth-order valence-corrected chi connectivity index (χ4v) is 1.32. The molecule has 1 rings (SSSR count). The molecule has 0 bridgehead atoms. The van der Waals surface area contributed by atoms with Crippen LogP contribution in [0.1, 0.15) is 12.8 Å². The molecule has 1 atom stereocenters. The highest BCUT2D eigenvalue weighted by Crippen LogP contribution is 2.09. The Labute approximate surface area is 99.4 Å². The van der Waals surface area contributed by atoms with Crippen molar-refractivity contribution in [3.63, 3.8) is 0 Å². The lowest BCUT2D eigenvalue weighted by molar-refractivity contribution is -0.141. The number of nitrogens with one attached hydrogen (secondary N) is 1. The SMILES string of the molecule is COC(=O)CCC(O)CNc1cccc(F)c1. The number of methoxy groups -OCH3 is 1. The summed E-state index contributed by atoms with van der Waals surface area (Å²) in [5, 5.41) is 12.4. The van der Waals surface area contributed by atoms with Gasteiger partial charge >= 0.3 is 5.97 Å². The van der Waals surface area contributed by atoms with Gasteiger partial charge in [-0.2, -0.15) is 0 Å². The van der Waals surface area contributed by atoms with E-state index in [9.17, 15) is 14.3 Å². The van der Waals surface area contributed by atoms with Crippen LogP contribution in [0.2, 0.25) is 0 Å². The van der Waals surface area contributed by atoms with E-state index in [-0.39, 0.29) is 24.8 Å². The number of anilines is 1. The molecule has 0 radical (unpaired) electrons. The van der Waals surface area contributed by atoms with Crippen molar-refractivity contribution in [1.82, 2.24) is 0 Å². The van der Waals surface area contributed by atoms with Gasteiger partial charge in [-0.15, -0.1) is 0 Å². The molecule has 4 nitrogen and oxygen atoms in total. The normalized spacial score (nSPS) is 11.9. The quantitative estimate of drug-likeness (QED) is 0.742. The molecule has 0 amide bonds. The summed E-state index contributed by atoms with van der Waals surface area (Å²) < 4.78 is 17.3. The largest absolute Gasteiger partial charge is 0.469 e. The predicted octanol–water partition coefficient (Wildman–Crippen LogP) is 1.55. The molecule has 0 saturated carbocycles. The molecule has 0 saturated heterocycles. The van der Waals surface area contributed by atoms with Crippen molar-refractivity contribution in [2.24, 2.45) is 0 Å². The summed E-state index contributed by atoms with van der Waals surface area (Å²) in [5.41, 5.74) is 0.599. The first-order valence-electron chi connectivity index (χ1n) is 5.36. The molecule has 1 unspecified atom stereocenters. The monoisotopic (exact) mass is 241 g/mol. The predicted molar refractivity (Wildman–Crippen MR) is 62.1 cm³/mol. The second kappa shape index (κ2) is 6.85. The van der Waals surface area contributed by atoms with Crippen molar-refractivity contribution in [2.45, 2.75) is 18.9 Å². The smallest absolute Gasteiger partial charge is 0.305 e. The molecule has 5 heteroatoms. The third-order valence-electron chi connectivity index (χ3n) is 2.28. The van der Waals surface area contributed by atoms with Gasteiger partial charge in [0.1, 0.15) is 5.82 Å². The van der Waals surface area contributed by atoms with Crippen LogP contribution in [0.3, 0.4) is 0 Å². The van der Waals surface area contributed by atoms with Crippen LogP contribution in [-0.4, -0.2) is 30.8 Å². The molecule has 17 heavy (non-hydrogen) atoms. The number of carbonyl (C=O) groups excluding carboxylic acids is 1. The minimum atomic E-state index is -0.669. The van der Waals surface area contributed by atoms with Crippen molar-refractivity contribution in [1.29, 1.82) is 0 Å². The van der Waals surface area contributed by atoms with Crippen LogP contribution in [-0.2, 0) is 9.53 Å². The molecule has 0 aromatic heterocycles. The first-order valence-corrected chi connectivity index (χ1v) is 5.36. The van der Waals surface area contributed by atoms with Gasteiger partial charge in [0, 0.05) is 18.7 Å². The summed E-state index contributed by atoms with van der Waals surface area (Å²) in [5.74, 6) is -0.686. The standard InChI is InChI=1S/C12H16FNO3/c1-17-12(16)6-5-11(15)8-14-10-4-2-3-9(13)7-10/h2-4,7,11,14-15H,5-6,8H2,1H3.